The van der Waals surface area contributed by atoms with Gasteiger partial charge in [0.2, 0.25) is 0 Å². The number of methoxy groups -OCH3 is 1. The lowest BCUT2D eigenvalue weighted by molar-refractivity contribution is -0.132. The highest BCUT2D eigenvalue weighted by Gasteiger charge is 2.30. The van der Waals surface area contributed by atoms with E-state index in [1.165, 1.54) is 10.8 Å². The molecule has 4 rings (SSSR count). The summed E-state index contributed by atoms with van der Waals surface area (Å²) in [4.78, 5) is 24.5. The summed E-state index contributed by atoms with van der Waals surface area (Å²) in [6, 6.07) is 13.9. The van der Waals surface area contributed by atoms with Gasteiger partial charge in [0.15, 0.2) is 11.5 Å². The number of nitrogens with zero attached hydrogens (tertiary/aromatic N) is 3. The fourth-order valence-electron chi connectivity index (χ4n) is 3.15. The number of nitrogens with one attached hydrogen (secondary N) is 2. The molecule has 1 atom stereocenters. The summed E-state index contributed by atoms with van der Waals surface area (Å²) in [6.45, 7) is 1.95. The molecule has 1 amide bonds. The molecule has 152 valence electrons. The molecule has 2 heterocycles. The zero-order valence-electron chi connectivity index (χ0n) is 16.3. The van der Waals surface area contributed by atoms with E-state index in [-0.39, 0.29) is 17.2 Å². The minimum absolute atomic E-state index is 0.000867. The largest absolute Gasteiger partial charge is 0.497 e. The lowest BCUT2D eigenvalue weighted by atomic mass is 10.0. The van der Waals surface area contributed by atoms with Gasteiger partial charge >= 0.3 is 5.97 Å². The Bertz CT molecular complexity index is 1130. The summed E-state index contributed by atoms with van der Waals surface area (Å²) in [5.74, 6) is -0.758. The number of carbonyl (C=O) groups excluding carboxylic acids is 1. The van der Waals surface area contributed by atoms with Gasteiger partial charge in [-0.25, -0.2) is 9.48 Å². The van der Waals surface area contributed by atoms with Gasteiger partial charge in [0.1, 0.15) is 17.5 Å². The summed E-state index contributed by atoms with van der Waals surface area (Å²) in [7, 11) is 1.57. The Morgan fingerprint density at radius 3 is 2.47 bits per heavy atom. The average molecular weight is 405 g/mol. The van der Waals surface area contributed by atoms with Crippen molar-refractivity contribution in [1.29, 1.82) is 0 Å². The van der Waals surface area contributed by atoms with Crippen molar-refractivity contribution >= 4 is 23.4 Å². The SMILES string of the molecule is COc1ccc([C@H]2C=C(C(=O)O)Nc3c(C(=O)Nc4ccc(C)cc4)nnn32)cc1. The van der Waals surface area contributed by atoms with Gasteiger partial charge in [-0.2, -0.15) is 0 Å². The normalized spacial score (nSPS) is 14.9. The third-order valence-electron chi connectivity index (χ3n) is 4.75. The van der Waals surface area contributed by atoms with Crippen molar-refractivity contribution in [1.82, 2.24) is 15.0 Å². The number of ether oxygens (including phenoxy) is 1. The number of hydrogen-bond acceptors (Lipinski definition) is 6. The minimum Gasteiger partial charge on any atom is -0.497 e. The number of aliphatic carboxylic acids is 1. The van der Waals surface area contributed by atoms with Crippen LogP contribution in [0.15, 0.2) is 60.3 Å². The fraction of sp³-hybridized carbons (Fsp3) is 0.143. The molecule has 1 aliphatic heterocycles. The molecule has 0 saturated heterocycles. The lowest BCUT2D eigenvalue weighted by Gasteiger charge is -2.23. The molecule has 0 saturated carbocycles. The zero-order chi connectivity index (χ0) is 21.3. The Morgan fingerprint density at radius 2 is 1.83 bits per heavy atom. The zero-order valence-corrected chi connectivity index (χ0v) is 16.3. The number of fused-ring (bicyclic) bond motifs is 1. The minimum atomic E-state index is -1.15. The first-order valence-electron chi connectivity index (χ1n) is 9.15. The van der Waals surface area contributed by atoms with E-state index in [1.54, 1.807) is 31.4 Å². The molecule has 0 bridgehead atoms. The van der Waals surface area contributed by atoms with Crippen molar-refractivity contribution in [3.05, 3.63) is 77.1 Å². The number of rotatable bonds is 5. The first-order chi connectivity index (χ1) is 14.5. The number of aryl methyl sites for hydroxylation is 1. The molecule has 3 aromatic rings. The van der Waals surface area contributed by atoms with Gasteiger partial charge in [-0.15, -0.1) is 5.10 Å². The Labute approximate surface area is 172 Å². The molecule has 9 heteroatoms. The molecule has 0 spiro atoms. The third-order valence-corrected chi connectivity index (χ3v) is 4.75. The second kappa shape index (κ2) is 7.70. The van der Waals surface area contributed by atoms with Crippen LogP contribution < -0.4 is 15.4 Å². The highest BCUT2D eigenvalue weighted by molar-refractivity contribution is 6.07. The number of benzene rings is 2. The molecule has 30 heavy (non-hydrogen) atoms. The predicted molar refractivity (Wildman–Crippen MR) is 110 cm³/mol. The molecular weight excluding hydrogens is 386 g/mol. The van der Waals surface area contributed by atoms with Crippen LogP contribution in [0.1, 0.15) is 27.7 Å². The van der Waals surface area contributed by atoms with E-state index in [0.717, 1.165) is 11.1 Å². The highest BCUT2D eigenvalue weighted by Crippen LogP contribution is 2.32. The Hall–Kier alpha value is -4.14. The van der Waals surface area contributed by atoms with Crippen LogP contribution in [0.4, 0.5) is 11.5 Å². The smallest absolute Gasteiger partial charge is 0.352 e. The van der Waals surface area contributed by atoms with Crippen molar-refractivity contribution in [2.75, 3.05) is 17.7 Å². The number of aromatic nitrogens is 3. The third kappa shape index (κ3) is 3.60. The summed E-state index contributed by atoms with van der Waals surface area (Å²) in [6.07, 6.45) is 1.52. The molecule has 0 fully saturated rings. The number of allylic oxidation sites excluding steroid dienone is 1. The lowest BCUT2D eigenvalue weighted by Crippen LogP contribution is -2.25. The van der Waals surface area contributed by atoms with E-state index >= 15 is 0 Å². The quantitative estimate of drug-likeness (QED) is 0.597. The van der Waals surface area contributed by atoms with Crippen LogP contribution >= 0.6 is 0 Å². The fourth-order valence-corrected chi connectivity index (χ4v) is 3.15. The maximum atomic E-state index is 12.8. The van der Waals surface area contributed by atoms with E-state index in [1.807, 2.05) is 31.2 Å². The van der Waals surface area contributed by atoms with Crippen LogP contribution in [-0.4, -0.2) is 39.1 Å². The van der Waals surface area contributed by atoms with Crippen molar-refractivity contribution in [3.8, 4) is 5.75 Å². The van der Waals surface area contributed by atoms with Crippen LogP contribution in [0.25, 0.3) is 0 Å². The molecule has 2 aromatic carbocycles. The van der Waals surface area contributed by atoms with Gasteiger partial charge in [-0.05, 0) is 42.8 Å². The van der Waals surface area contributed by atoms with Gasteiger partial charge in [0.05, 0.1) is 7.11 Å². The highest BCUT2D eigenvalue weighted by atomic mass is 16.5. The maximum Gasteiger partial charge on any atom is 0.352 e. The Balaban J connectivity index is 1.69. The van der Waals surface area contributed by atoms with Crippen LogP contribution in [0.5, 0.6) is 5.75 Å². The maximum absolute atomic E-state index is 12.8. The molecule has 9 nitrogen and oxygen atoms in total. The van der Waals surface area contributed by atoms with E-state index in [4.69, 9.17) is 4.74 Å². The summed E-state index contributed by atoms with van der Waals surface area (Å²) >= 11 is 0. The average Bonchev–Trinajstić information content (AvgIpc) is 3.19. The van der Waals surface area contributed by atoms with Crippen LogP contribution in [-0.2, 0) is 4.79 Å². The first-order valence-corrected chi connectivity index (χ1v) is 9.15. The number of carbonyl (C=O) groups is 2. The Morgan fingerprint density at radius 1 is 1.13 bits per heavy atom. The van der Waals surface area contributed by atoms with E-state index in [9.17, 15) is 14.7 Å². The van der Waals surface area contributed by atoms with Gasteiger partial charge in [0, 0.05) is 5.69 Å². The van der Waals surface area contributed by atoms with Crippen LogP contribution in [0.3, 0.4) is 0 Å². The number of hydrogen-bond donors (Lipinski definition) is 3. The molecule has 0 unspecified atom stereocenters. The number of carboxylic acid groups (broad SMARTS) is 1. The number of carboxylic acids is 1. The summed E-state index contributed by atoms with van der Waals surface area (Å²) < 4.78 is 6.66. The summed E-state index contributed by atoms with van der Waals surface area (Å²) in [5, 5.41) is 23.2. The van der Waals surface area contributed by atoms with Gasteiger partial charge in [-0.3, -0.25) is 4.79 Å². The standard InChI is InChI=1S/C21H19N5O4/c1-12-3-7-14(8-4-12)22-20(27)18-19-23-16(21(28)29)11-17(26(19)25-24-18)13-5-9-15(30-2)10-6-13/h3-11,17,23H,1-2H3,(H,22,27)(H,28,29)/t17-/m1/s1. The monoisotopic (exact) mass is 405 g/mol. The van der Waals surface area contributed by atoms with Crippen molar-refractivity contribution in [2.24, 2.45) is 0 Å². The second-order valence-electron chi connectivity index (χ2n) is 6.78. The topological polar surface area (TPSA) is 118 Å². The molecule has 3 N–H and O–H groups in total. The molecule has 1 aliphatic rings. The number of anilines is 2. The summed E-state index contributed by atoms with van der Waals surface area (Å²) in [5.41, 5.74) is 2.38. The number of amides is 1. The Kier molecular flexibility index (Phi) is 4.93. The first kappa shape index (κ1) is 19.2. The second-order valence-corrected chi connectivity index (χ2v) is 6.78. The van der Waals surface area contributed by atoms with E-state index < -0.39 is 17.9 Å². The molecule has 1 aromatic heterocycles. The van der Waals surface area contributed by atoms with Gasteiger partial charge < -0.3 is 20.5 Å². The van der Waals surface area contributed by atoms with Gasteiger partial charge in [0.25, 0.3) is 5.91 Å². The van der Waals surface area contributed by atoms with Crippen molar-refractivity contribution < 1.29 is 19.4 Å². The van der Waals surface area contributed by atoms with E-state index in [2.05, 4.69) is 20.9 Å². The molecular formula is C21H19N5O4. The predicted octanol–water partition coefficient (Wildman–Crippen LogP) is 2.83. The van der Waals surface area contributed by atoms with E-state index in [0.29, 0.717) is 11.4 Å². The van der Waals surface area contributed by atoms with Gasteiger partial charge in [-0.1, -0.05) is 35.0 Å². The van der Waals surface area contributed by atoms with Crippen LogP contribution in [0, 0.1) is 6.92 Å². The molecule has 0 radical (unpaired) electrons. The molecule has 0 aliphatic carbocycles. The van der Waals surface area contributed by atoms with Crippen molar-refractivity contribution in [3.63, 3.8) is 0 Å². The van der Waals surface area contributed by atoms with Crippen molar-refractivity contribution in [2.45, 2.75) is 13.0 Å². The van der Waals surface area contributed by atoms with Crippen LogP contribution in [0.2, 0.25) is 0 Å².